The standard InChI is InChI=1S/C27H36FN7O2/c1-5-21-20-15-23-30-25(34-12-10-18(29)16-34)24(28)26(35(23)31-20)32(3)11-6-7-13-37-22-9-8-17(2)14-19(22)27(36)33(21)4/h8-9,14-15,18,21H,5-7,10-13,16,29H2,1-4H3. The molecule has 1 saturated heterocycles. The van der Waals surface area contributed by atoms with E-state index in [0.717, 1.165) is 24.8 Å². The predicted molar refractivity (Wildman–Crippen MR) is 142 cm³/mol. The molecule has 1 amide bonds. The molecule has 2 unspecified atom stereocenters. The molecule has 0 saturated carbocycles. The molecule has 2 aliphatic rings. The van der Waals surface area contributed by atoms with Crippen molar-refractivity contribution in [2.75, 3.05) is 50.1 Å². The minimum absolute atomic E-state index is 0.000249. The zero-order valence-electron chi connectivity index (χ0n) is 22.1. The van der Waals surface area contributed by atoms with Crippen LogP contribution in [0.25, 0.3) is 5.65 Å². The molecule has 2 atom stereocenters. The number of halogens is 1. The third-order valence-electron chi connectivity index (χ3n) is 7.44. The SMILES string of the molecule is CCC1c2cc3nc(N4CCC(N)C4)c(F)c(n3n2)N(C)CCCCOc2ccc(C)cc2C(=O)N1C. The Kier molecular flexibility index (Phi) is 6.94. The van der Waals surface area contributed by atoms with Crippen LogP contribution in [0, 0.1) is 12.7 Å². The van der Waals surface area contributed by atoms with Crippen LogP contribution in [-0.4, -0.2) is 71.8 Å². The van der Waals surface area contributed by atoms with Gasteiger partial charge in [0.2, 0.25) is 5.82 Å². The van der Waals surface area contributed by atoms with E-state index in [1.807, 2.05) is 55.0 Å². The molecule has 4 heterocycles. The van der Waals surface area contributed by atoms with Crippen molar-refractivity contribution in [3.05, 3.63) is 46.9 Å². The Bertz CT molecular complexity index is 1310. The van der Waals surface area contributed by atoms with E-state index in [9.17, 15) is 4.79 Å². The van der Waals surface area contributed by atoms with E-state index < -0.39 is 5.82 Å². The smallest absolute Gasteiger partial charge is 0.257 e. The quantitative estimate of drug-likeness (QED) is 0.565. The number of carbonyl (C=O) groups is 1. The number of nitrogens with zero attached hydrogens (tertiary/aromatic N) is 6. The van der Waals surface area contributed by atoms with Gasteiger partial charge in [-0.05, 0) is 44.7 Å². The molecule has 5 rings (SSSR count). The lowest BCUT2D eigenvalue weighted by atomic mass is 10.1. The number of rotatable bonds is 2. The molecule has 2 N–H and O–H groups in total. The number of ether oxygens (including phenoxy) is 1. The number of anilines is 2. The Balaban J connectivity index is 1.64. The van der Waals surface area contributed by atoms with E-state index in [4.69, 9.17) is 20.6 Å². The summed E-state index contributed by atoms with van der Waals surface area (Å²) < 4.78 is 23.7. The molecule has 0 radical (unpaired) electrons. The summed E-state index contributed by atoms with van der Waals surface area (Å²) in [7, 11) is 3.66. The fourth-order valence-electron chi connectivity index (χ4n) is 5.35. The van der Waals surface area contributed by atoms with E-state index in [2.05, 4.69) is 0 Å². The maximum absolute atomic E-state index is 16.1. The number of aryl methyl sites for hydroxylation is 1. The maximum atomic E-state index is 16.1. The fraction of sp³-hybridized carbons (Fsp3) is 0.519. The predicted octanol–water partition coefficient (Wildman–Crippen LogP) is 3.55. The number of benzene rings is 1. The number of aromatic nitrogens is 3. The van der Waals surface area contributed by atoms with Crippen LogP contribution in [0.2, 0.25) is 0 Å². The van der Waals surface area contributed by atoms with Crippen molar-refractivity contribution in [2.45, 2.75) is 51.6 Å². The molecule has 37 heavy (non-hydrogen) atoms. The first-order chi connectivity index (χ1) is 17.8. The van der Waals surface area contributed by atoms with Gasteiger partial charge in [-0.15, -0.1) is 0 Å². The molecule has 2 bridgehead atoms. The molecule has 9 nitrogen and oxygen atoms in total. The highest BCUT2D eigenvalue weighted by atomic mass is 19.1. The lowest BCUT2D eigenvalue weighted by Gasteiger charge is -2.27. The minimum Gasteiger partial charge on any atom is -0.493 e. The van der Waals surface area contributed by atoms with E-state index in [-0.39, 0.29) is 18.0 Å². The maximum Gasteiger partial charge on any atom is 0.257 e. The Morgan fingerprint density at radius 2 is 2.00 bits per heavy atom. The number of hydrogen-bond acceptors (Lipinski definition) is 7. The fourth-order valence-corrected chi connectivity index (χ4v) is 5.35. The highest BCUT2D eigenvalue weighted by molar-refractivity contribution is 5.97. The van der Waals surface area contributed by atoms with Crippen LogP contribution in [-0.2, 0) is 0 Å². The van der Waals surface area contributed by atoms with Gasteiger partial charge in [0.1, 0.15) is 5.75 Å². The third-order valence-corrected chi connectivity index (χ3v) is 7.44. The summed E-state index contributed by atoms with van der Waals surface area (Å²) in [5.74, 6) is 0.711. The Morgan fingerprint density at radius 1 is 1.19 bits per heavy atom. The summed E-state index contributed by atoms with van der Waals surface area (Å²) in [4.78, 5) is 23.9. The molecule has 0 spiro atoms. The van der Waals surface area contributed by atoms with Gasteiger partial charge in [-0.3, -0.25) is 4.79 Å². The van der Waals surface area contributed by atoms with Crippen LogP contribution in [0.5, 0.6) is 5.75 Å². The molecule has 2 aromatic heterocycles. The summed E-state index contributed by atoms with van der Waals surface area (Å²) in [5.41, 5.74) is 8.87. The first-order valence-corrected chi connectivity index (χ1v) is 13.1. The van der Waals surface area contributed by atoms with Gasteiger partial charge in [0.25, 0.3) is 5.91 Å². The van der Waals surface area contributed by atoms with Crippen LogP contribution < -0.4 is 20.3 Å². The van der Waals surface area contributed by atoms with Crippen LogP contribution in [0.15, 0.2) is 24.3 Å². The van der Waals surface area contributed by atoms with Crippen molar-refractivity contribution >= 4 is 23.2 Å². The van der Waals surface area contributed by atoms with E-state index >= 15 is 4.39 Å². The summed E-state index contributed by atoms with van der Waals surface area (Å²) >= 11 is 0. The second-order valence-corrected chi connectivity index (χ2v) is 10.2. The normalized spacial score (nSPS) is 21.2. The average molecular weight is 510 g/mol. The third kappa shape index (κ3) is 4.70. The van der Waals surface area contributed by atoms with E-state index in [0.29, 0.717) is 67.0 Å². The number of nitrogens with two attached hydrogens (primary N) is 1. The van der Waals surface area contributed by atoms with Crippen LogP contribution >= 0.6 is 0 Å². The van der Waals surface area contributed by atoms with Gasteiger partial charge in [-0.1, -0.05) is 18.6 Å². The Hall–Kier alpha value is -3.40. The van der Waals surface area contributed by atoms with E-state index in [1.54, 1.807) is 16.5 Å². The first kappa shape index (κ1) is 25.3. The second-order valence-electron chi connectivity index (χ2n) is 10.2. The van der Waals surface area contributed by atoms with Gasteiger partial charge in [-0.25, -0.2) is 4.98 Å². The lowest BCUT2D eigenvalue weighted by Crippen LogP contribution is -2.31. The minimum atomic E-state index is -0.403. The molecule has 1 fully saturated rings. The van der Waals surface area contributed by atoms with Gasteiger partial charge in [0.15, 0.2) is 17.3 Å². The van der Waals surface area contributed by atoms with Crippen molar-refractivity contribution in [1.82, 2.24) is 19.5 Å². The van der Waals surface area contributed by atoms with Gasteiger partial charge in [-0.2, -0.15) is 14.0 Å². The molecular weight excluding hydrogens is 473 g/mol. The zero-order valence-corrected chi connectivity index (χ0v) is 22.1. The summed E-state index contributed by atoms with van der Waals surface area (Å²) in [6.45, 7) is 6.29. The summed E-state index contributed by atoms with van der Waals surface area (Å²) in [5, 5.41) is 4.81. The molecule has 10 heteroatoms. The van der Waals surface area contributed by atoms with Gasteiger partial charge < -0.3 is 25.2 Å². The van der Waals surface area contributed by atoms with Gasteiger partial charge >= 0.3 is 0 Å². The molecule has 2 aliphatic heterocycles. The van der Waals surface area contributed by atoms with Crippen molar-refractivity contribution in [2.24, 2.45) is 5.73 Å². The number of fused-ring (bicyclic) bond motifs is 2. The van der Waals surface area contributed by atoms with Gasteiger partial charge in [0, 0.05) is 45.8 Å². The lowest BCUT2D eigenvalue weighted by molar-refractivity contribution is 0.0718. The van der Waals surface area contributed by atoms with Crippen LogP contribution in [0.1, 0.15) is 60.3 Å². The largest absolute Gasteiger partial charge is 0.493 e. The summed E-state index contributed by atoms with van der Waals surface area (Å²) in [6, 6.07) is 7.24. The van der Waals surface area contributed by atoms with Gasteiger partial charge in [0.05, 0.1) is 23.9 Å². The number of hydrogen-bond donors (Lipinski definition) is 1. The van der Waals surface area contributed by atoms with Crippen molar-refractivity contribution in [3.63, 3.8) is 0 Å². The van der Waals surface area contributed by atoms with Crippen molar-refractivity contribution in [3.8, 4) is 5.75 Å². The highest BCUT2D eigenvalue weighted by Gasteiger charge is 2.31. The Morgan fingerprint density at radius 3 is 2.73 bits per heavy atom. The molecule has 0 aliphatic carbocycles. The molecular formula is C27H36FN7O2. The summed E-state index contributed by atoms with van der Waals surface area (Å²) in [6.07, 6.45) is 2.97. The number of amides is 1. The zero-order chi connectivity index (χ0) is 26.3. The van der Waals surface area contributed by atoms with Crippen molar-refractivity contribution in [1.29, 1.82) is 0 Å². The molecule has 1 aromatic carbocycles. The van der Waals surface area contributed by atoms with E-state index in [1.165, 1.54) is 0 Å². The highest BCUT2D eigenvalue weighted by Crippen LogP contribution is 2.33. The first-order valence-electron chi connectivity index (χ1n) is 13.1. The average Bonchev–Trinajstić information content (AvgIpc) is 3.49. The second kappa shape index (κ2) is 10.2. The van der Waals surface area contributed by atoms with Crippen LogP contribution in [0.3, 0.4) is 0 Å². The van der Waals surface area contributed by atoms with Crippen molar-refractivity contribution < 1.29 is 13.9 Å². The molecule has 198 valence electrons. The topological polar surface area (TPSA) is 92.2 Å². The van der Waals surface area contributed by atoms with Crippen LogP contribution in [0.4, 0.5) is 16.0 Å². The molecule has 3 aromatic rings. The Labute approximate surface area is 217 Å². The number of carbonyl (C=O) groups excluding carboxylic acids is 1. The monoisotopic (exact) mass is 509 g/mol.